The highest BCUT2D eigenvalue weighted by molar-refractivity contribution is 5.36. The van der Waals surface area contributed by atoms with Gasteiger partial charge in [0.1, 0.15) is 0 Å². The summed E-state index contributed by atoms with van der Waals surface area (Å²) in [6.07, 6.45) is 18.1. The lowest BCUT2D eigenvalue weighted by Gasteiger charge is -2.36. The molecule has 0 spiro atoms. The lowest BCUT2D eigenvalue weighted by molar-refractivity contribution is 0.156. The molecule has 0 bridgehead atoms. The van der Waals surface area contributed by atoms with Crippen LogP contribution < -0.4 is 0 Å². The molecule has 2 aliphatic rings. The molecule has 0 nitrogen and oxygen atoms in total. The molecule has 0 aromatic heterocycles. The van der Waals surface area contributed by atoms with Crippen molar-refractivity contribution < 1.29 is 0 Å². The first-order valence-electron chi connectivity index (χ1n) is 11.9. The van der Waals surface area contributed by atoms with Gasteiger partial charge in [0.15, 0.2) is 0 Å². The second-order valence-corrected chi connectivity index (χ2v) is 9.22. The SMILES string of the molecule is CCCCCc1ccc(C#C[C@H]2CC[C@H]([C@H]3CC[C@H](CC)CC3)CC2)cc1. The second-order valence-electron chi connectivity index (χ2n) is 9.22. The van der Waals surface area contributed by atoms with Crippen molar-refractivity contribution in [2.75, 3.05) is 0 Å². The van der Waals surface area contributed by atoms with Gasteiger partial charge in [-0.3, -0.25) is 0 Å². The minimum atomic E-state index is 0.637. The highest BCUT2D eigenvalue weighted by Gasteiger charge is 2.29. The molecule has 0 N–H and O–H groups in total. The monoisotopic (exact) mass is 364 g/mol. The lowest BCUT2D eigenvalue weighted by Crippen LogP contribution is -2.25. The quantitative estimate of drug-likeness (QED) is 0.357. The van der Waals surface area contributed by atoms with Crippen molar-refractivity contribution in [3.63, 3.8) is 0 Å². The Bertz CT molecular complexity index is 583. The Balaban J connectivity index is 1.42. The Morgan fingerprint density at radius 3 is 2.00 bits per heavy atom. The van der Waals surface area contributed by atoms with Gasteiger partial charge in [0.2, 0.25) is 0 Å². The van der Waals surface area contributed by atoms with E-state index in [-0.39, 0.29) is 0 Å². The molecular formula is C27H40. The van der Waals surface area contributed by atoms with E-state index in [1.54, 1.807) is 0 Å². The topological polar surface area (TPSA) is 0 Å². The predicted molar refractivity (Wildman–Crippen MR) is 118 cm³/mol. The first-order chi connectivity index (χ1) is 13.3. The fourth-order valence-electron chi connectivity index (χ4n) is 5.32. The van der Waals surface area contributed by atoms with Crippen molar-refractivity contribution in [1.82, 2.24) is 0 Å². The minimum Gasteiger partial charge on any atom is -0.0945 e. The third-order valence-electron chi connectivity index (χ3n) is 7.35. The van der Waals surface area contributed by atoms with Crippen LogP contribution in [-0.4, -0.2) is 0 Å². The van der Waals surface area contributed by atoms with Crippen LogP contribution in [0, 0.1) is 35.5 Å². The van der Waals surface area contributed by atoms with Gasteiger partial charge in [-0.2, -0.15) is 0 Å². The van der Waals surface area contributed by atoms with Crippen molar-refractivity contribution in [2.45, 2.75) is 97.3 Å². The van der Waals surface area contributed by atoms with Crippen molar-refractivity contribution in [1.29, 1.82) is 0 Å². The van der Waals surface area contributed by atoms with Crippen molar-refractivity contribution in [2.24, 2.45) is 23.7 Å². The van der Waals surface area contributed by atoms with Crippen molar-refractivity contribution in [3.05, 3.63) is 35.4 Å². The second kappa shape index (κ2) is 10.9. The number of aryl methyl sites for hydroxylation is 1. The number of hydrogen-bond donors (Lipinski definition) is 0. The Morgan fingerprint density at radius 1 is 0.778 bits per heavy atom. The summed E-state index contributed by atoms with van der Waals surface area (Å²) in [5, 5.41) is 0. The largest absolute Gasteiger partial charge is 0.0945 e. The fourth-order valence-corrected chi connectivity index (χ4v) is 5.32. The molecule has 0 saturated heterocycles. The van der Waals surface area contributed by atoms with Crippen LogP contribution in [0.3, 0.4) is 0 Å². The summed E-state index contributed by atoms with van der Waals surface area (Å²) in [5.74, 6) is 10.8. The van der Waals surface area contributed by atoms with Gasteiger partial charge in [0.05, 0.1) is 0 Å². The summed E-state index contributed by atoms with van der Waals surface area (Å²) in [7, 11) is 0. The molecule has 148 valence electrons. The third kappa shape index (κ3) is 6.41. The van der Waals surface area contributed by atoms with Crippen LogP contribution in [0.25, 0.3) is 0 Å². The summed E-state index contributed by atoms with van der Waals surface area (Å²) >= 11 is 0. The van der Waals surface area contributed by atoms with E-state index in [4.69, 9.17) is 0 Å². The summed E-state index contributed by atoms with van der Waals surface area (Å²) in [6.45, 7) is 4.64. The molecule has 0 heterocycles. The van der Waals surface area contributed by atoms with Crippen LogP contribution in [0.5, 0.6) is 0 Å². The van der Waals surface area contributed by atoms with Crippen molar-refractivity contribution in [3.8, 4) is 11.8 Å². The molecule has 0 heteroatoms. The molecule has 2 saturated carbocycles. The Labute approximate surface area is 168 Å². The average Bonchev–Trinajstić information content (AvgIpc) is 2.74. The van der Waals surface area contributed by atoms with Crippen LogP contribution in [0.4, 0.5) is 0 Å². The van der Waals surface area contributed by atoms with E-state index < -0.39 is 0 Å². The van der Waals surface area contributed by atoms with Crippen LogP contribution in [0.15, 0.2) is 24.3 Å². The maximum atomic E-state index is 3.60. The summed E-state index contributed by atoms with van der Waals surface area (Å²) in [5.41, 5.74) is 2.67. The molecule has 0 atom stereocenters. The summed E-state index contributed by atoms with van der Waals surface area (Å²) in [6, 6.07) is 9.02. The molecule has 2 fully saturated rings. The molecule has 1 aromatic carbocycles. The standard InChI is InChI=1S/C27H40/c1-3-5-6-7-23-8-10-24(11-9-23)12-13-25-16-20-27(21-17-25)26-18-14-22(4-2)15-19-26/h8-11,22,25-27H,3-7,14-21H2,1-2H3/t22-,25-,26-,27-. The van der Waals surface area contributed by atoms with Gasteiger partial charge in [-0.1, -0.05) is 69.9 Å². The molecule has 0 aliphatic heterocycles. The number of unbranched alkanes of at least 4 members (excludes halogenated alkanes) is 2. The third-order valence-corrected chi connectivity index (χ3v) is 7.35. The normalized spacial score (nSPS) is 28.4. The Morgan fingerprint density at radius 2 is 1.41 bits per heavy atom. The van der Waals surface area contributed by atoms with Gasteiger partial charge in [0.25, 0.3) is 0 Å². The molecule has 27 heavy (non-hydrogen) atoms. The number of rotatable bonds is 6. The Kier molecular flexibility index (Phi) is 8.32. The van der Waals surface area contributed by atoms with Crippen LogP contribution in [-0.2, 0) is 6.42 Å². The summed E-state index contributed by atoms with van der Waals surface area (Å²) in [4.78, 5) is 0. The van der Waals surface area contributed by atoms with E-state index >= 15 is 0 Å². The Hall–Kier alpha value is -1.22. The van der Waals surface area contributed by atoms with E-state index in [0.717, 1.165) is 17.8 Å². The van der Waals surface area contributed by atoms with Crippen LogP contribution in [0.1, 0.15) is 102 Å². The van der Waals surface area contributed by atoms with Crippen molar-refractivity contribution >= 4 is 0 Å². The predicted octanol–water partition coefficient (Wildman–Crippen LogP) is 7.79. The maximum absolute atomic E-state index is 3.60. The van der Waals surface area contributed by atoms with Gasteiger partial charge in [-0.05, 0) is 86.8 Å². The summed E-state index contributed by atoms with van der Waals surface area (Å²) < 4.78 is 0. The van der Waals surface area contributed by atoms with E-state index in [2.05, 4.69) is 50.0 Å². The molecule has 0 unspecified atom stereocenters. The molecule has 1 aromatic rings. The van der Waals surface area contributed by atoms with Gasteiger partial charge < -0.3 is 0 Å². The molecule has 0 amide bonds. The van der Waals surface area contributed by atoms with Gasteiger partial charge in [0, 0.05) is 11.5 Å². The lowest BCUT2D eigenvalue weighted by atomic mass is 9.69. The molecule has 3 rings (SSSR count). The highest BCUT2D eigenvalue weighted by Crippen LogP contribution is 2.41. The van der Waals surface area contributed by atoms with Crippen LogP contribution in [0.2, 0.25) is 0 Å². The van der Waals surface area contributed by atoms with E-state index in [9.17, 15) is 0 Å². The molecular weight excluding hydrogens is 324 g/mol. The minimum absolute atomic E-state index is 0.637. The highest BCUT2D eigenvalue weighted by atomic mass is 14.3. The van der Waals surface area contributed by atoms with Gasteiger partial charge in [-0.15, -0.1) is 0 Å². The average molecular weight is 365 g/mol. The first kappa shape index (κ1) is 20.5. The van der Waals surface area contributed by atoms with Crippen LogP contribution >= 0.6 is 0 Å². The number of benzene rings is 1. The fraction of sp³-hybridized carbons (Fsp3) is 0.704. The smallest absolute Gasteiger partial charge is 0.0245 e. The maximum Gasteiger partial charge on any atom is 0.0245 e. The first-order valence-corrected chi connectivity index (χ1v) is 11.9. The zero-order valence-corrected chi connectivity index (χ0v) is 17.8. The van der Waals surface area contributed by atoms with Gasteiger partial charge >= 0.3 is 0 Å². The molecule has 0 radical (unpaired) electrons. The zero-order valence-electron chi connectivity index (χ0n) is 17.8. The zero-order chi connectivity index (χ0) is 18.9. The number of hydrogen-bond acceptors (Lipinski definition) is 0. The van der Waals surface area contributed by atoms with E-state index in [1.807, 2.05) is 0 Å². The van der Waals surface area contributed by atoms with E-state index in [0.29, 0.717) is 5.92 Å². The molecule has 2 aliphatic carbocycles. The van der Waals surface area contributed by atoms with Gasteiger partial charge in [-0.25, -0.2) is 0 Å². The van der Waals surface area contributed by atoms with E-state index in [1.165, 1.54) is 94.6 Å².